The van der Waals surface area contributed by atoms with Gasteiger partial charge in [0.1, 0.15) is 0 Å². The Morgan fingerprint density at radius 1 is 1.38 bits per heavy atom. The molecule has 2 aromatic heterocycles. The summed E-state index contributed by atoms with van der Waals surface area (Å²) in [6, 6.07) is 8.87. The average molecular weight is 345 g/mol. The third-order valence-corrected chi connectivity index (χ3v) is 3.75. The minimum absolute atomic E-state index is 0.191. The second-order valence-corrected chi connectivity index (χ2v) is 5.35. The lowest BCUT2D eigenvalue weighted by molar-refractivity contribution is 0.427. The van der Waals surface area contributed by atoms with E-state index in [4.69, 9.17) is 5.26 Å². The normalized spacial score (nSPS) is 10.7. The summed E-state index contributed by atoms with van der Waals surface area (Å²) >= 11 is 3.25. The van der Waals surface area contributed by atoms with Gasteiger partial charge in [0, 0.05) is 6.42 Å². The number of nitriles is 1. The topological polar surface area (TPSA) is 94.2 Å². The molecule has 0 unspecified atom stereocenters. The third kappa shape index (κ3) is 2.30. The van der Waals surface area contributed by atoms with Crippen LogP contribution < -0.4 is 5.56 Å². The van der Waals surface area contributed by atoms with Crippen LogP contribution in [0.5, 0.6) is 5.88 Å². The van der Waals surface area contributed by atoms with Gasteiger partial charge in [0.05, 0.1) is 27.9 Å². The summed E-state index contributed by atoms with van der Waals surface area (Å²) in [5.74, 6) is -0.191. The maximum atomic E-state index is 12.1. The summed E-state index contributed by atoms with van der Waals surface area (Å²) in [6.45, 7) is 0. The van der Waals surface area contributed by atoms with Crippen molar-refractivity contribution in [2.45, 2.75) is 6.42 Å². The molecular weight excluding hydrogens is 336 g/mol. The van der Waals surface area contributed by atoms with E-state index in [9.17, 15) is 9.90 Å². The molecule has 0 aliphatic heterocycles. The maximum Gasteiger partial charge on any atom is 0.258 e. The van der Waals surface area contributed by atoms with Crippen molar-refractivity contribution in [2.75, 3.05) is 0 Å². The van der Waals surface area contributed by atoms with Crippen molar-refractivity contribution in [1.82, 2.24) is 14.6 Å². The summed E-state index contributed by atoms with van der Waals surface area (Å²) in [7, 11) is 0. The third-order valence-electron chi connectivity index (χ3n) is 3.17. The van der Waals surface area contributed by atoms with Gasteiger partial charge >= 0.3 is 0 Å². The van der Waals surface area contributed by atoms with E-state index in [1.807, 2.05) is 6.07 Å². The minimum atomic E-state index is -0.370. The van der Waals surface area contributed by atoms with E-state index in [2.05, 4.69) is 26.0 Å². The number of aromatic amines is 1. The largest absolute Gasteiger partial charge is 0.493 e. The lowest BCUT2D eigenvalue weighted by Gasteiger charge is -2.06. The Morgan fingerprint density at radius 2 is 2.10 bits per heavy atom. The van der Waals surface area contributed by atoms with Crippen LogP contribution in [0.4, 0.5) is 0 Å². The number of rotatable bonds is 2. The number of aromatic nitrogens is 3. The van der Waals surface area contributed by atoms with Crippen molar-refractivity contribution >= 4 is 21.6 Å². The first-order valence-corrected chi connectivity index (χ1v) is 6.86. The average Bonchev–Trinajstić information content (AvgIpc) is 2.86. The van der Waals surface area contributed by atoms with Gasteiger partial charge in [-0.25, -0.2) is 0 Å². The Labute approximate surface area is 127 Å². The smallest absolute Gasteiger partial charge is 0.258 e. The van der Waals surface area contributed by atoms with Crippen LogP contribution in [0.15, 0.2) is 39.7 Å². The van der Waals surface area contributed by atoms with Crippen molar-refractivity contribution < 1.29 is 5.11 Å². The molecule has 2 N–H and O–H groups in total. The molecule has 0 aliphatic carbocycles. The molecule has 0 saturated carbocycles. The first-order valence-electron chi connectivity index (χ1n) is 6.06. The Kier molecular flexibility index (Phi) is 3.23. The van der Waals surface area contributed by atoms with Crippen LogP contribution in [0.25, 0.3) is 5.65 Å². The Balaban J connectivity index is 2.08. The number of nitrogens with zero attached hydrogens (tertiary/aromatic N) is 3. The Morgan fingerprint density at radius 3 is 2.76 bits per heavy atom. The number of fused-ring (bicyclic) bond motifs is 1. The van der Waals surface area contributed by atoms with Crippen LogP contribution in [0.1, 0.15) is 16.7 Å². The number of H-pyrrole nitrogens is 1. The zero-order valence-electron chi connectivity index (χ0n) is 10.7. The van der Waals surface area contributed by atoms with Gasteiger partial charge < -0.3 is 10.1 Å². The quantitative estimate of drug-likeness (QED) is 0.742. The molecule has 1 aromatic carbocycles. The van der Waals surface area contributed by atoms with Gasteiger partial charge in [-0.3, -0.25) is 4.79 Å². The fourth-order valence-corrected chi connectivity index (χ4v) is 2.43. The number of halogens is 1. The molecule has 0 fully saturated rings. The first-order chi connectivity index (χ1) is 10.1. The maximum absolute atomic E-state index is 12.1. The summed E-state index contributed by atoms with van der Waals surface area (Å²) in [5.41, 5.74) is 1.62. The second kappa shape index (κ2) is 5.07. The Hall–Kier alpha value is -2.59. The van der Waals surface area contributed by atoms with Crippen LogP contribution in [0, 0.1) is 11.3 Å². The van der Waals surface area contributed by atoms with Crippen LogP contribution in [-0.4, -0.2) is 19.7 Å². The Bertz CT molecular complexity index is 919. The number of nitrogens with one attached hydrogen (secondary N) is 1. The standard InChI is InChI=1S/C14H9BrN4O2/c15-11-7-17-19-12(11)18-13(20)10(14(19)21)5-8-1-3-9(6-16)4-2-8/h1-4,7,21H,5H2,(H,18,20). The summed E-state index contributed by atoms with van der Waals surface area (Å²) in [6.07, 6.45) is 1.75. The van der Waals surface area contributed by atoms with Gasteiger partial charge in [-0.2, -0.15) is 14.9 Å². The van der Waals surface area contributed by atoms with Gasteiger partial charge in [0.25, 0.3) is 5.56 Å². The van der Waals surface area contributed by atoms with E-state index in [-0.39, 0.29) is 23.4 Å². The van der Waals surface area contributed by atoms with Crippen molar-refractivity contribution in [3.63, 3.8) is 0 Å². The van der Waals surface area contributed by atoms with E-state index in [0.717, 1.165) is 5.56 Å². The molecule has 0 aliphatic rings. The predicted octanol–water partition coefficient (Wildman–Crippen LogP) is 1.95. The van der Waals surface area contributed by atoms with E-state index in [1.54, 1.807) is 24.3 Å². The number of aromatic hydroxyl groups is 1. The molecule has 0 amide bonds. The molecule has 3 aromatic rings. The van der Waals surface area contributed by atoms with Crippen LogP contribution in [0.2, 0.25) is 0 Å². The summed E-state index contributed by atoms with van der Waals surface area (Å²) < 4.78 is 1.87. The molecule has 3 rings (SSSR count). The predicted molar refractivity (Wildman–Crippen MR) is 79.1 cm³/mol. The van der Waals surface area contributed by atoms with E-state index in [0.29, 0.717) is 15.7 Å². The van der Waals surface area contributed by atoms with Crippen molar-refractivity contribution in [2.24, 2.45) is 0 Å². The zero-order chi connectivity index (χ0) is 15.0. The van der Waals surface area contributed by atoms with E-state index >= 15 is 0 Å². The van der Waals surface area contributed by atoms with Crippen molar-refractivity contribution in [1.29, 1.82) is 5.26 Å². The fraction of sp³-hybridized carbons (Fsp3) is 0.0714. The second-order valence-electron chi connectivity index (χ2n) is 4.49. The number of hydrogen-bond acceptors (Lipinski definition) is 4. The SMILES string of the molecule is N#Cc1ccc(Cc2c(O)n3ncc(Br)c3[nH]c2=O)cc1. The molecular formula is C14H9BrN4O2. The highest BCUT2D eigenvalue weighted by Gasteiger charge is 2.15. The fourth-order valence-electron chi connectivity index (χ4n) is 2.07. The van der Waals surface area contributed by atoms with Gasteiger partial charge in [-0.05, 0) is 33.6 Å². The van der Waals surface area contributed by atoms with Crippen LogP contribution in [0.3, 0.4) is 0 Å². The highest BCUT2D eigenvalue weighted by molar-refractivity contribution is 9.10. The van der Waals surface area contributed by atoms with Gasteiger partial charge in [-0.1, -0.05) is 12.1 Å². The highest BCUT2D eigenvalue weighted by Crippen LogP contribution is 2.22. The summed E-state index contributed by atoms with van der Waals surface area (Å²) in [5, 5.41) is 23.0. The zero-order valence-corrected chi connectivity index (χ0v) is 12.3. The van der Waals surface area contributed by atoms with Crippen molar-refractivity contribution in [3.8, 4) is 11.9 Å². The molecule has 6 nitrogen and oxygen atoms in total. The lowest BCUT2D eigenvalue weighted by atomic mass is 10.1. The van der Waals surface area contributed by atoms with Crippen LogP contribution >= 0.6 is 15.9 Å². The molecule has 0 radical (unpaired) electrons. The van der Waals surface area contributed by atoms with Gasteiger partial charge in [0.2, 0.25) is 5.88 Å². The molecule has 0 bridgehead atoms. The molecule has 104 valence electrons. The number of benzene rings is 1. The molecule has 0 saturated heterocycles. The molecule has 2 heterocycles. The molecule has 21 heavy (non-hydrogen) atoms. The van der Waals surface area contributed by atoms with Crippen LogP contribution in [-0.2, 0) is 6.42 Å². The lowest BCUT2D eigenvalue weighted by Crippen LogP contribution is -2.16. The minimum Gasteiger partial charge on any atom is -0.493 e. The summed E-state index contributed by atoms with van der Waals surface area (Å²) in [4.78, 5) is 14.8. The monoisotopic (exact) mass is 344 g/mol. The van der Waals surface area contributed by atoms with Crippen molar-refractivity contribution in [3.05, 3.63) is 62.0 Å². The van der Waals surface area contributed by atoms with E-state index in [1.165, 1.54) is 10.7 Å². The van der Waals surface area contributed by atoms with E-state index < -0.39 is 0 Å². The van der Waals surface area contributed by atoms with Gasteiger partial charge in [0.15, 0.2) is 5.65 Å². The first kappa shape index (κ1) is 13.4. The highest BCUT2D eigenvalue weighted by atomic mass is 79.9. The molecule has 0 atom stereocenters. The number of hydrogen-bond donors (Lipinski definition) is 2. The molecule has 7 heteroatoms. The van der Waals surface area contributed by atoms with Gasteiger partial charge in [-0.15, -0.1) is 0 Å². The molecule has 0 spiro atoms.